The minimum atomic E-state index is -0.230. The summed E-state index contributed by atoms with van der Waals surface area (Å²) in [6.45, 7) is 9.88. The second kappa shape index (κ2) is 14.1. The SMILES string of the molecule is CC1CN(C(C)C)C(=O)c2cccc(C(=O)NC3CCNCC3)c2OC1CN(C)Cc1ccc(Oc2ccccc2)cc1. The van der Waals surface area contributed by atoms with Crippen molar-refractivity contribution in [3.05, 3.63) is 89.5 Å². The van der Waals surface area contributed by atoms with E-state index in [0.29, 0.717) is 30.0 Å². The van der Waals surface area contributed by atoms with E-state index in [4.69, 9.17) is 9.47 Å². The summed E-state index contributed by atoms with van der Waals surface area (Å²) < 4.78 is 12.6. The van der Waals surface area contributed by atoms with Crippen molar-refractivity contribution < 1.29 is 19.1 Å². The first kappa shape index (κ1) is 30.6. The maximum absolute atomic E-state index is 13.7. The van der Waals surface area contributed by atoms with Crippen molar-refractivity contribution in [2.24, 2.45) is 5.92 Å². The molecule has 43 heavy (non-hydrogen) atoms. The van der Waals surface area contributed by atoms with Crippen LogP contribution in [-0.2, 0) is 6.54 Å². The normalized spacial score (nSPS) is 19.4. The van der Waals surface area contributed by atoms with Crippen LogP contribution in [0.15, 0.2) is 72.8 Å². The molecule has 3 aromatic carbocycles. The molecule has 3 aromatic rings. The fourth-order valence-electron chi connectivity index (χ4n) is 5.81. The van der Waals surface area contributed by atoms with E-state index in [1.165, 1.54) is 0 Å². The molecule has 2 aliphatic heterocycles. The quantitative estimate of drug-likeness (QED) is 0.353. The third-order valence-corrected chi connectivity index (χ3v) is 8.28. The number of amides is 2. The molecular weight excluding hydrogens is 540 g/mol. The molecule has 2 unspecified atom stereocenters. The van der Waals surface area contributed by atoms with Crippen LogP contribution in [0.5, 0.6) is 17.2 Å². The first-order valence-corrected chi connectivity index (χ1v) is 15.4. The molecule has 8 nitrogen and oxygen atoms in total. The van der Waals surface area contributed by atoms with Gasteiger partial charge in [-0.2, -0.15) is 0 Å². The number of ether oxygens (including phenoxy) is 2. The van der Waals surface area contributed by atoms with Gasteiger partial charge in [-0.1, -0.05) is 43.3 Å². The highest BCUT2D eigenvalue weighted by molar-refractivity contribution is 6.04. The third kappa shape index (κ3) is 7.75. The highest BCUT2D eigenvalue weighted by Gasteiger charge is 2.35. The number of carbonyl (C=O) groups excluding carboxylic acids is 2. The minimum absolute atomic E-state index is 0.0168. The number of rotatable bonds is 9. The number of piperidine rings is 1. The van der Waals surface area contributed by atoms with E-state index in [9.17, 15) is 9.59 Å². The lowest BCUT2D eigenvalue weighted by molar-refractivity contribution is 0.0426. The summed E-state index contributed by atoms with van der Waals surface area (Å²) in [6, 6.07) is 23.3. The molecule has 1 saturated heterocycles. The number of carbonyl (C=O) groups is 2. The van der Waals surface area contributed by atoms with Gasteiger partial charge in [0, 0.05) is 37.6 Å². The maximum atomic E-state index is 13.7. The number of hydrogen-bond donors (Lipinski definition) is 2. The topological polar surface area (TPSA) is 83.1 Å². The van der Waals surface area contributed by atoms with Gasteiger partial charge in [0.25, 0.3) is 11.8 Å². The first-order valence-electron chi connectivity index (χ1n) is 15.4. The summed E-state index contributed by atoms with van der Waals surface area (Å²) in [7, 11) is 2.07. The van der Waals surface area contributed by atoms with E-state index in [-0.39, 0.29) is 35.9 Å². The molecule has 0 aromatic heterocycles. The Morgan fingerprint density at radius 2 is 1.72 bits per heavy atom. The number of fused-ring (bicyclic) bond motifs is 1. The van der Waals surface area contributed by atoms with Crippen molar-refractivity contribution in [1.82, 2.24) is 20.4 Å². The van der Waals surface area contributed by atoms with Gasteiger partial charge in [-0.25, -0.2) is 0 Å². The monoisotopic (exact) mass is 584 g/mol. The molecule has 0 bridgehead atoms. The van der Waals surface area contributed by atoms with Crippen molar-refractivity contribution in [3.63, 3.8) is 0 Å². The van der Waals surface area contributed by atoms with E-state index in [1.807, 2.05) is 61.2 Å². The average Bonchev–Trinajstić information content (AvgIpc) is 3.00. The lowest BCUT2D eigenvalue weighted by Crippen LogP contribution is -2.48. The van der Waals surface area contributed by atoms with Crippen LogP contribution >= 0.6 is 0 Å². The zero-order valence-electron chi connectivity index (χ0n) is 25.7. The van der Waals surface area contributed by atoms with E-state index in [2.05, 4.69) is 41.6 Å². The number of para-hydroxylation sites is 2. The third-order valence-electron chi connectivity index (χ3n) is 8.28. The van der Waals surface area contributed by atoms with Gasteiger partial charge in [-0.3, -0.25) is 14.5 Å². The van der Waals surface area contributed by atoms with Gasteiger partial charge in [0.05, 0.1) is 11.1 Å². The van der Waals surface area contributed by atoms with Gasteiger partial charge >= 0.3 is 0 Å². The summed E-state index contributed by atoms with van der Waals surface area (Å²) in [5, 5.41) is 6.52. The molecule has 0 aliphatic carbocycles. The van der Waals surface area contributed by atoms with Crippen LogP contribution in [-0.4, -0.2) is 73.0 Å². The molecule has 228 valence electrons. The smallest absolute Gasteiger partial charge is 0.257 e. The highest BCUT2D eigenvalue weighted by atomic mass is 16.5. The van der Waals surface area contributed by atoms with Crippen molar-refractivity contribution >= 4 is 11.8 Å². The van der Waals surface area contributed by atoms with Crippen molar-refractivity contribution in [2.45, 2.75) is 58.3 Å². The summed E-state index contributed by atoms with van der Waals surface area (Å²) in [6.07, 6.45) is 1.53. The zero-order chi connectivity index (χ0) is 30.3. The molecule has 0 spiro atoms. The van der Waals surface area contributed by atoms with Crippen LogP contribution in [0.3, 0.4) is 0 Å². The van der Waals surface area contributed by atoms with Gasteiger partial charge in [0.15, 0.2) is 0 Å². The Hall–Kier alpha value is -3.88. The van der Waals surface area contributed by atoms with Crippen LogP contribution < -0.4 is 20.1 Å². The Balaban J connectivity index is 1.34. The lowest BCUT2D eigenvalue weighted by atomic mass is 9.97. The average molecular weight is 585 g/mol. The van der Waals surface area contributed by atoms with Crippen LogP contribution in [0.4, 0.5) is 0 Å². The van der Waals surface area contributed by atoms with E-state index in [1.54, 1.807) is 18.2 Å². The fraction of sp³-hybridized carbons (Fsp3) is 0.429. The van der Waals surface area contributed by atoms with E-state index in [0.717, 1.165) is 49.5 Å². The standard InChI is InChI=1S/C35H44N4O4/c1-24(2)39-21-25(3)32(23-38(4)22-26-13-15-29(16-14-26)42-28-9-6-5-7-10-28)43-33-30(11-8-12-31(33)35(39)41)34(40)37-27-17-19-36-20-18-27/h5-16,24-25,27,32,36H,17-23H2,1-4H3,(H,37,40). The Labute approximate surface area is 255 Å². The van der Waals surface area contributed by atoms with Gasteiger partial charge in [-0.15, -0.1) is 0 Å². The van der Waals surface area contributed by atoms with Gasteiger partial charge in [-0.05, 0) is 88.8 Å². The van der Waals surface area contributed by atoms with Crippen molar-refractivity contribution in [2.75, 3.05) is 33.2 Å². The predicted octanol–water partition coefficient (Wildman–Crippen LogP) is 5.34. The molecule has 0 radical (unpaired) electrons. The minimum Gasteiger partial charge on any atom is -0.487 e. The molecular formula is C35H44N4O4. The van der Waals surface area contributed by atoms with Crippen LogP contribution in [0, 0.1) is 5.92 Å². The summed E-state index contributed by atoms with van der Waals surface area (Å²) >= 11 is 0. The molecule has 5 rings (SSSR count). The second-order valence-electron chi connectivity index (χ2n) is 12.1. The van der Waals surface area contributed by atoms with Gasteiger partial charge in [0.2, 0.25) is 0 Å². The molecule has 1 fully saturated rings. The molecule has 2 amide bonds. The highest BCUT2D eigenvalue weighted by Crippen LogP contribution is 2.32. The number of likely N-dealkylation sites (N-methyl/N-ethyl adjacent to an activating group) is 1. The number of benzene rings is 3. The predicted molar refractivity (Wildman–Crippen MR) is 169 cm³/mol. The lowest BCUT2D eigenvalue weighted by Gasteiger charge is -2.38. The fourth-order valence-corrected chi connectivity index (χ4v) is 5.81. The van der Waals surface area contributed by atoms with Gasteiger partial charge in [0.1, 0.15) is 23.4 Å². The maximum Gasteiger partial charge on any atom is 0.257 e. The number of nitrogens with one attached hydrogen (secondary N) is 2. The Bertz CT molecular complexity index is 1370. The number of hydrogen-bond acceptors (Lipinski definition) is 6. The summed E-state index contributed by atoms with van der Waals surface area (Å²) in [5.41, 5.74) is 2.02. The first-order chi connectivity index (χ1) is 20.8. The zero-order valence-corrected chi connectivity index (χ0v) is 25.7. The van der Waals surface area contributed by atoms with Crippen molar-refractivity contribution in [1.29, 1.82) is 0 Å². The Morgan fingerprint density at radius 3 is 2.42 bits per heavy atom. The second-order valence-corrected chi connectivity index (χ2v) is 12.1. The molecule has 8 heteroatoms. The van der Waals surface area contributed by atoms with E-state index < -0.39 is 0 Å². The molecule has 2 N–H and O–H groups in total. The van der Waals surface area contributed by atoms with Crippen molar-refractivity contribution in [3.8, 4) is 17.2 Å². The Kier molecular flexibility index (Phi) is 10.00. The molecule has 0 saturated carbocycles. The van der Waals surface area contributed by atoms with Crippen LogP contribution in [0.25, 0.3) is 0 Å². The Morgan fingerprint density at radius 1 is 1.02 bits per heavy atom. The van der Waals surface area contributed by atoms with Crippen LogP contribution in [0.1, 0.15) is 59.9 Å². The van der Waals surface area contributed by atoms with Crippen LogP contribution in [0.2, 0.25) is 0 Å². The molecule has 2 atom stereocenters. The largest absolute Gasteiger partial charge is 0.487 e. The molecule has 2 aliphatic rings. The van der Waals surface area contributed by atoms with Gasteiger partial charge < -0.3 is 25.0 Å². The van der Waals surface area contributed by atoms with E-state index >= 15 is 0 Å². The molecule has 2 heterocycles. The summed E-state index contributed by atoms with van der Waals surface area (Å²) in [5.74, 6) is 1.74. The number of nitrogens with zero attached hydrogens (tertiary/aromatic N) is 2. The summed E-state index contributed by atoms with van der Waals surface area (Å²) in [4.78, 5) is 31.4.